The van der Waals surface area contributed by atoms with E-state index in [9.17, 15) is 0 Å². The fraction of sp³-hybridized carbons (Fsp3) is 0.125. The first-order valence-electron chi connectivity index (χ1n) is 6.06. The SMILES string of the molecule is C[Si](C)(O[C-]=Cc1ccccc1)c1ccccc1.[Li+]. The van der Waals surface area contributed by atoms with Crippen molar-refractivity contribution in [1.82, 2.24) is 0 Å². The Hall–Kier alpha value is -1.21. The summed E-state index contributed by atoms with van der Waals surface area (Å²) in [7, 11) is -1.88. The first-order chi connectivity index (χ1) is 8.68. The van der Waals surface area contributed by atoms with Gasteiger partial charge in [-0.3, -0.25) is 0 Å². The predicted molar refractivity (Wildman–Crippen MR) is 78.8 cm³/mol. The Labute approximate surface area is 128 Å². The molecule has 2 rings (SSSR count). The van der Waals surface area contributed by atoms with E-state index in [-0.39, 0.29) is 18.9 Å². The van der Waals surface area contributed by atoms with Gasteiger partial charge in [-0.2, -0.15) is 11.6 Å². The van der Waals surface area contributed by atoms with Crippen molar-refractivity contribution in [2.45, 2.75) is 13.1 Å². The maximum Gasteiger partial charge on any atom is 1.00 e. The number of benzene rings is 2. The summed E-state index contributed by atoms with van der Waals surface area (Å²) in [5, 5.41) is 1.28. The standard InChI is InChI=1S/C16H17OSi.Li/c1-18(2,16-11-7-4-8-12-16)17-14-13-15-9-5-3-6-10-15;/h3-13H,1-2H3;/q-1;+1. The fourth-order valence-electron chi connectivity index (χ4n) is 1.69. The van der Waals surface area contributed by atoms with E-state index in [0.717, 1.165) is 5.56 Å². The molecule has 3 heteroatoms. The van der Waals surface area contributed by atoms with Crippen molar-refractivity contribution >= 4 is 19.6 Å². The molecule has 0 saturated carbocycles. The molecule has 1 nitrogen and oxygen atoms in total. The van der Waals surface area contributed by atoms with Crippen LogP contribution < -0.4 is 24.0 Å². The Morgan fingerprint density at radius 3 is 2.00 bits per heavy atom. The molecule has 0 unspecified atom stereocenters. The Balaban J connectivity index is 0.00000180. The molecule has 0 N–H and O–H groups in total. The summed E-state index contributed by atoms with van der Waals surface area (Å²) in [6.45, 7) is 4.35. The molecule has 0 aliphatic carbocycles. The van der Waals surface area contributed by atoms with Crippen molar-refractivity contribution in [2.24, 2.45) is 0 Å². The van der Waals surface area contributed by atoms with Gasteiger partial charge in [0.25, 0.3) is 8.32 Å². The van der Waals surface area contributed by atoms with Gasteiger partial charge in [0, 0.05) is 0 Å². The van der Waals surface area contributed by atoms with Crippen molar-refractivity contribution < 1.29 is 23.3 Å². The van der Waals surface area contributed by atoms with Gasteiger partial charge in [-0.25, -0.2) is 0 Å². The van der Waals surface area contributed by atoms with Crippen LogP contribution in [0.15, 0.2) is 60.7 Å². The predicted octanol–water partition coefficient (Wildman–Crippen LogP) is 0.593. The van der Waals surface area contributed by atoms with Gasteiger partial charge in [0.2, 0.25) is 0 Å². The molecule has 2 aromatic carbocycles. The Kier molecular flexibility index (Phi) is 6.17. The van der Waals surface area contributed by atoms with Gasteiger partial charge in [0.1, 0.15) is 0 Å². The smallest absolute Gasteiger partial charge is 0.641 e. The summed E-state index contributed by atoms with van der Waals surface area (Å²) in [5.74, 6) is 0. The molecule has 0 aliphatic rings. The molecule has 0 heterocycles. The Morgan fingerprint density at radius 1 is 0.895 bits per heavy atom. The van der Waals surface area contributed by atoms with Crippen LogP contribution in [-0.2, 0) is 4.43 Å². The third kappa shape index (κ3) is 4.76. The van der Waals surface area contributed by atoms with Crippen LogP contribution in [0, 0.1) is 6.26 Å². The van der Waals surface area contributed by atoms with E-state index in [4.69, 9.17) is 4.43 Å². The van der Waals surface area contributed by atoms with E-state index in [1.165, 1.54) is 5.19 Å². The summed E-state index contributed by atoms with van der Waals surface area (Å²) in [4.78, 5) is 0. The summed E-state index contributed by atoms with van der Waals surface area (Å²) < 4.78 is 5.85. The van der Waals surface area contributed by atoms with Crippen LogP contribution in [0.5, 0.6) is 0 Å². The van der Waals surface area contributed by atoms with Crippen LogP contribution in [0.25, 0.3) is 6.08 Å². The van der Waals surface area contributed by atoms with Crippen molar-refractivity contribution in [3.8, 4) is 0 Å². The zero-order valence-electron chi connectivity index (χ0n) is 11.8. The minimum absolute atomic E-state index is 0. The minimum Gasteiger partial charge on any atom is -0.641 e. The molecular formula is C16H17LiOSi. The van der Waals surface area contributed by atoms with Crippen molar-refractivity contribution in [3.05, 3.63) is 72.5 Å². The van der Waals surface area contributed by atoms with Gasteiger partial charge in [-0.05, 0) is 18.3 Å². The van der Waals surface area contributed by atoms with Crippen LogP contribution in [0.4, 0.5) is 0 Å². The molecule has 19 heavy (non-hydrogen) atoms. The molecule has 0 radical (unpaired) electrons. The van der Waals surface area contributed by atoms with Gasteiger partial charge in [-0.1, -0.05) is 54.8 Å². The number of hydrogen-bond acceptors (Lipinski definition) is 1. The van der Waals surface area contributed by atoms with Gasteiger partial charge in [0.15, 0.2) is 0 Å². The summed E-state index contributed by atoms with van der Waals surface area (Å²) in [5.41, 5.74) is 1.11. The van der Waals surface area contributed by atoms with E-state index < -0.39 is 8.32 Å². The normalized spacial score (nSPS) is 11.1. The van der Waals surface area contributed by atoms with E-state index in [0.29, 0.717) is 0 Å². The fourth-order valence-corrected chi connectivity index (χ4v) is 3.16. The molecule has 0 bridgehead atoms. The molecular weight excluding hydrogens is 243 g/mol. The number of rotatable bonds is 4. The van der Waals surface area contributed by atoms with Gasteiger partial charge < -0.3 is 4.43 Å². The molecule has 92 valence electrons. The largest absolute Gasteiger partial charge is 1.00 e. The molecule has 0 amide bonds. The first kappa shape index (κ1) is 15.9. The van der Waals surface area contributed by atoms with E-state index in [1.54, 1.807) is 0 Å². The Morgan fingerprint density at radius 2 is 1.42 bits per heavy atom. The number of hydrogen-bond donors (Lipinski definition) is 0. The third-order valence-corrected chi connectivity index (χ3v) is 5.16. The van der Waals surface area contributed by atoms with Crippen LogP contribution >= 0.6 is 0 Å². The minimum atomic E-state index is -1.88. The van der Waals surface area contributed by atoms with Crippen molar-refractivity contribution in [3.63, 3.8) is 0 Å². The van der Waals surface area contributed by atoms with Crippen LogP contribution in [-0.4, -0.2) is 8.32 Å². The maximum absolute atomic E-state index is 5.85. The van der Waals surface area contributed by atoms with E-state index in [2.05, 4.69) is 31.5 Å². The molecule has 0 spiro atoms. The molecule has 0 atom stereocenters. The monoisotopic (exact) mass is 260 g/mol. The molecule has 0 aromatic heterocycles. The Bertz CT molecular complexity index is 509. The van der Waals surface area contributed by atoms with Gasteiger partial charge in [0.05, 0.1) is 0 Å². The summed E-state index contributed by atoms with van der Waals surface area (Å²) in [6, 6.07) is 20.5. The topological polar surface area (TPSA) is 9.23 Å². The van der Waals surface area contributed by atoms with Crippen molar-refractivity contribution in [1.29, 1.82) is 0 Å². The first-order valence-corrected chi connectivity index (χ1v) is 8.97. The second-order valence-electron chi connectivity index (χ2n) is 4.65. The second-order valence-corrected chi connectivity index (χ2v) is 8.45. The third-order valence-electron chi connectivity index (χ3n) is 2.81. The van der Waals surface area contributed by atoms with Crippen LogP contribution in [0.1, 0.15) is 5.56 Å². The summed E-state index contributed by atoms with van der Waals surface area (Å²) in [6.07, 6.45) is 4.86. The average Bonchev–Trinajstić information content (AvgIpc) is 2.41. The van der Waals surface area contributed by atoms with E-state index in [1.807, 2.05) is 54.6 Å². The van der Waals surface area contributed by atoms with Crippen LogP contribution in [0.3, 0.4) is 0 Å². The molecule has 0 saturated heterocycles. The van der Waals surface area contributed by atoms with Crippen molar-refractivity contribution in [2.75, 3.05) is 0 Å². The molecule has 0 aliphatic heterocycles. The zero-order chi connectivity index (χ0) is 12.8. The molecule has 2 aromatic rings. The second kappa shape index (κ2) is 7.40. The maximum atomic E-state index is 5.85. The zero-order valence-corrected chi connectivity index (χ0v) is 12.8. The van der Waals surface area contributed by atoms with Crippen LogP contribution in [0.2, 0.25) is 13.1 Å². The molecule has 0 fully saturated rings. The average molecular weight is 260 g/mol. The quantitative estimate of drug-likeness (QED) is 0.444. The van der Waals surface area contributed by atoms with E-state index >= 15 is 0 Å². The van der Waals surface area contributed by atoms with Gasteiger partial charge in [-0.15, -0.1) is 12.1 Å². The summed E-state index contributed by atoms with van der Waals surface area (Å²) >= 11 is 0. The van der Waals surface area contributed by atoms with Gasteiger partial charge >= 0.3 is 18.9 Å².